The zero-order valence-corrected chi connectivity index (χ0v) is 10.6. The molecule has 0 aliphatic heterocycles. The maximum atomic E-state index is 11.5. The molecule has 0 fully saturated rings. The Bertz CT molecular complexity index is 365. The number of anilines is 1. The van der Waals surface area contributed by atoms with Gasteiger partial charge in [-0.15, -0.1) is 5.10 Å². The molecule has 0 aliphatic rings. The molecule has 0 saturated carbocycles. The Morgan fingerprint density at radius 3 is 2.82 bits per heavy atom. The van der Waals surface area contributed by atoms with Gasteiger partial charge >= 0.3 is 6.01 Å². The molecule has 1 unspecified atom stereocenters. The highest BCUT2D eigenvalue weighted by molar-refractivity contribution is 5.79. The average molecular weight is 241 g/mol. The fourth-order valence-electron chi connectivity index (χ4n) is 1.07. The monoisotopic (exact) mass is 241 g/mol. The lowest BCUT2D eigenvalue weighted by Gasteiger charge is -2.13. The minimum Gasteiger partial charge on any atom is -0.406 e. The lowest BCUT2D eigenvalue weighted by Crippen LogP contribution is -2.31. The molecular formula is C10H19N5O2. The van der Waals surface area contributed by atoms with Gasteiger partial charge in [0, 0.05) is 13.6 Å². The Labute approximate surface area is 101 Å². The Kier molecular flexibility index (Phi) is 4.89. The quantitative estimate of drug-likeness (QED) is 0.742. The average Bonchev–Trinajstić information content (AvgIpc) is 2.82. The van der Waals surface area contributed by atoms with E-state index in [1.807, 2.05) is 20.9 Å². The number of carbonyl (C=O) groups is 1. The van der Waals surface area contributed by atoms with Crippen molar-refractivity contribution in [3.8, 4) is 0 Å². The number of rotatable bonds is 6. The number of carbonyl (C=O) groups excluding carboxylic acids is 1. The van der Waals surface area contributed by atoms with Gasteiger partial charge in [0.15, 0.2) is 0 Å². The van der Waals surface area contributed by atoms with Crippen LogP contribution in [0.15, 0.2) is 4.42 Å². The van der Waals surface area contributed by atoms with Crippen molar-refractivity contribution in [3.63, 3.8) is 0 Å². The van der Waals surface area contributed by atoms with Crippen molar-refractivity contribution in [3.05, 3.63) is 5.89 Å². The molecule has 2 N–H and O–H groups in total. The number of nitrogens with one attached hydrogen (secondary N) is 2. The molecule has 1 heterocycles. The number of likely N-dealkylation sites (N-methyl/N-ethyl adjacent to an activating group) is 1. The van der Waals surface area contributed by atoms with E-state index in [0.717, 1.165) is 0 Å². The van der Waals surface area contributed by atoms with E-state index in [9.17, 15) is 4.79 Å². The number of hydrogen-bond donors (Lipinski definition) is 2. The van der Waals surface area contributed by atoms with Crippen molar-refractivity contribution >= 4 is 11.9 Å². The van der Waals surface area contributed by atoms with Gasteiger partial charge in [-0.05, 0) is 20.9 Å². The molecule has 7 heteroatoms. The van der Waals surface area contributed by atoms with Crippen LogP contribution in [0.25, 0.3) is 0 Å². The standard InChI is InChI=1S/C10H19N5O2/c1-5-15(4)8(16)6-12-10-14-13-9(17-10)7(2)11-3/h7,11H,5-6H2,1-4H3,(H,12,14). The second kappa shape index (κ2) is 6.19. The minimum atomic E-state index is -0.0195. The fourth-order valence-corrected chi connectivity index (χ4v) is 1.07. The van der Waals surface area contributed by atoms with Gasteiger partial charge in [0.1, 0.15) is 0 Å². The van der Waals surface area contributed by atoms with Gasteiger partial charge in [0.05, 0.1) is 12.6 Å². The van der Waals surface area contributed by atoms with Crippen LogP contribution in [0.3, 0.4) is 0 Å². The van der Waals surface area contributed by atoms with Crippen molar-refractivity contribution in [2.75, 3.05) is 32.5 Å². The summed E-state index contributed by atoms with van der Waals surface area (Å²) in [6, 6.07) is 0.257. The van der Waals surface area contributed by atoms with Crippen molar-refractivity contribution in [1.29, 1.82) is 0 Å². The molecule has 1 amide bonds. The van der Waals surface area contributed by atoms with E-state index < -0.39 is 0 Å². The van der Waals surface area contributed by atoms with Crippen LogP contribution < -0.4 is 10.6 Å². The highest BCUT2D eigenvalue weighted by Gasteiger charge is 2.13. The summed E-state index contributed by atoms with van der Waals surface area (Å²) in [4.78, 5) is 13.1. The van der Waals surface area contributed by atoms with Gasteiger partial charge in [-0.25, -0.2) is 0 Å². The van der Waals surface area contributed by atoms with Gasteiger partial charge in [0.2, 0.25) is 11.8 Å². The summed E-state index contributed by atoms with van der Waals surface area (Å²) < 4.78 is 5.33. The van der Waals surface area contributed by atoms with Crippen molar-refractivity contribution in [1.82, 2.24) is 20.4 Å². The summed E-state index contributed by atoms with van der Waals surface area (Å²) in [7, 11) is 3.55. The molecule has 7 nitrogen and oxygen atoms in total. The molecule has 0 aromatic carbocycles. The van der Waals surface area contributed by atoms with Crippen LogP contribution in [0.4, 0.5) is 6.01 Å². The first-order valence-corrected chi connectivity index (χ1v) is 5.57. The van der Waals surface area contributed by atoms with E-state index in [1.165, 1.54) is 0 Å². The van der Waals surface area contributed by atoms with E-state index >= 15 is 0 Å². The SMILES string of the molecule is CCN(C)C(=O)CNc1nnc(C(C)NC)o1. The van der Waals surface area contributed by atoms with Crippen LogP contribution in [-0.2, 0) is 4.79 Å². The van der Waals surface area contributed by atoms with Crippen LogP contribution in [0.5, 0.6) is 0 Å². The molecule has 96 valence electrons. The second-order valence-electron chi connectivity index (χ2n) is 3.72. The van der Waals surface area contributed by atoms with E-state index in [-0.39, 0.29) is 24.5 Å². The molecule has 0 bridgehead atoms. The predicted molar refractivity (Wildman–Crippen MR) is 63.6 cm³/mol. The number of nitrogens with zero attached hydrogens (tertiary/aromatic N) is 3. The van der Waals surface area contributed by atoms with Crippen molar-refractivity contribution < 1.29 is 9.21 Å². The predicted octanol–water partition coefficient (Wildman–Crippen LogP) is 0.240. The Morgan fingerprint density at radius 2 is 2.24 bits per heavy atom. The van der Waals surface area contributed by atoms with Crippen molar-refractivity contribution in [2.24, 2.45) is 0 Å². The second-order valence-corrected chi connectivity index (χ2v) is 3.72. The largest absolute Gasteiger partial charge is 0.406 e. The lowest BCUT2D eigenvalue weighted by atomic mass is 10.3. The normalized spacial score (nSPS) is 12.2. The summed E-state index contributed by atoms with van der Waals surface area (Å²) in [5, 5.41) is 13.5. The van der Waals surface area contributed by atoms with Gasteiger partial charge < -0.3 is 20.0 Å². The van der Waals surface area contributed by atoms with Gasteiger partial charge in [-0.3, -0.25) is 4.79 Å². The lowest BCUT2D eigenvalue weighted by molar-refractivity contribution is -0.127. The van der Waals surface area contributed by atoms with Gasteiger partial charge in [0.25, 0.3) is 0 Å². The summed E-state index contributed by atoms with van der Waals surface area (Å²) in [5.74, 6) is 0.472. The molecule has 0 saturated heterocycles. The van der Waals surface area contributed by atoms with Crippen LogP contribution in [-0.4, -0.2) is 48.2 Å². The van der Waals surface area contributed by atoms with E-state index in [2.05, 4.69) is 20.8 Å². The van der Waals surface area contributed by atoms with Gasteiger partial charge in [-0.1, -0.05) is 5.10 Å². The van der Waals surface area contributed by atoms with Crippen LogP contribution in [0.2, 0.25) is 0 Å². The summed E-state index contributed by atoms with van der Waals surface area (Å²) in [5.41, 5.74) is 0. The van der Waals surface area contributed by atoms with Crippen molar-refractivity contribution in [2.45, 2.75) is 19.9 Å². The third kappa shape index (κ3) is 3.70. The molecular weight excluding hydrogens is 222 g/mol. The Morgan fingerprint density at radius 1 is 1.53 bits per heavy atom. The minimum absolute atomic E-state index is 0.00735. The molecule has 0 aliphatic carbocycles. The first-order chi connectivity index (χ1) is 8.08. The van der Waals surface area contributed by atoms with E-state index in [4.69, 9.17) is 4.42 Å². The third-order valence-electron chi connectivity index (χ3n) is 2.54. The molecule has 1 aromatic heterocycles. The Hall–Kier alpha value is -1.63. The third-order valence-corrected chi connectivity index (χ3v) is 2.54. The maximum Gasteiger partial charge on any atom is 0.315 e. The molecule has 1 rings (SSSR count). The summed E-state index contributed by atoms with van der Waals surface area (Å²) in [6.07, 6.45) is 0. The van der Waals surface area contributed by atoms with Crippen LogP contribution in [0, 0.1) is 0 Å². The highest BCUT2D eigenvalue weighted by Crippen LogP contribution is 2.12. The van der Waals surface area contributed by atoms with E-state index in [0.29, 0.717) is 12.4 Å². The fraction of sp³-hybridized carbons (Fsp3) is 0.700. The van der Waals surface area contributed by atoms with Gasteiger partial charge in [-0.2, -0.15) is 0 Å². The van der Waals surface area contributed by atoms with E-state index in [1.54, 1.807) is 11.9 Å². The molecule has 0 spiro atoms. The zero-order valence-electron chi connectivity index (χ0n) is 10.6. The number of hydrogen-bond acceptors (Lipinski definition) is 6. The molecule has 1 aromatic rings. The maximum absolute atomic E-state index is 11.5. The van der Waals surface area contributed by atoms with Crippen LogP contribution in [0.1, 0.15) is 25.8 Å². The smallest absolute Gasteiger partial charge is 0.315 e. The first-order valence-electron chi connectivity index (χ1n) is 5.57. The zero-order chi connectivity index (χ0) is 12.8. The summed E-state index contributed by atoms with van der Waals surface area (Å²) >= 11 is 0. The first kappa shape index (κ1) is 13.4. The number of aromatic nitrogens is 2. The topological polar surface area (TPSA) is 83.3 Å². The molecule has 0 radical (unpaired) electrons. The highest BCUT2D eigenvalue weighted by atomic mass is 16.4. The molecule has 1 atom stereocenters. The Balaban J connectivity index is 2.47. The van der Waals surface area contributed by atoms with Crippen LogP contribution >= 0.6 is 0 Å². The number of amides is 1. The molecule has 17 heavy (non-hydrogen) atoms. The summed E-state index contributed by atoms with van der Waals surface area (Å²) in [6.45, 7) is 4.65.